The number of amides is 1. The van der Waals surface area contributed by atoms with Gasteiger partial charge in [-0.3, -0.25) is 9.48 Å². The van der Waals surface area contributed by atoms with Gasteiger partial charge in [0.05, 0.1) is 12.4 Å². The summed E-state index contributed by atoms with van der Waals surface area (Å²) in [5.41, 5.74) is 6.89. The van der Waals surface area contributed by atoms with Gasteiger partial charge in [0.25, 0.3) is 5.91 Å². The number of nitrogens with two attached hydrogens (primary N) is 1. The molecule has 1 aliphatic rings. The highest BCUT2D eigenvalue weighted by Crippen LogP contribution is 2.31. The van der Waals surface area contributed by atoms with Gasteiger partial charge >= 0.3 is 0 Å². The number of thiazole rings is 1. The lowest BCUT2D eigenvalue weighted by atomic mass is 10.2. The van der Waals surface area contributed by atoms with Crippen molar-refractivity contribution in [3.05, 3.63) is 23.5 Å². The van der Waals surface area contributed by atoms with E-state index in [0.717, 1.165) is 10.6 Å². The molecule has 0 spiro atoms. The van der Waals surface area contributed by atoms with Crippen molar-refractivity contribution in [3.8, 4) is 10.6 Å². The predicted octanol–water partition coefficient (Wildman–Crippen LogP) is 1.85. The van der Waals surface area contributed by atoms with E-state index >= 15 is 0 Å². The van der Waals surface area contributed by atoms with E-state index in [0.29, 0.717) is 17.3 Å². The van der Waals surface area contributed by atoms with Crippen LogP contribution in [0.25, 0.3) is 10.6 Å². The van der Waals surface area contributed by atoms with Crippen LogP contribution in [-0.4, -0.2) is 33.3 Å². The number of carbonyl (C=O) groups is 1. The van der Waals surface area contributed by atoms with Crippen LogP contribution in [0.1, 0.15) is 22.5 Å². The molecule has 0 bridgehead atoms. The standard InChI is InChI=1S/C13H17N5OS.2ClH/c1-18-7-9(4-17-18)13-16-6-11(20-13)12(19)15-5-10(14)8-2-3-8;;/h4,6-8,10H,2-3,5,14H2,1H3,(H,15,19);2*1H. The van der Waals surface area contributed by atoms with Crippen LogP contribution in [0.5, 0.6) is 0 Å². The number of halogens is 2. The number of rotatable bonds is 5. The maximum absolute atomic E-state index is 12.0. The summed E-state index contributed by atoms with van der Waals surface area (Å²) in [4.78, 5) is 16.9. The molecule has 2 aromatic heterocycles. The molecule has 0 saturated heterocycles. The van der Waals surface area contributed by atoms with Gasteiger partial charge in [0.1, 0.15) is 9.88 Å². The molecule has 1 amide bonds. The number of nitrogens with one attached hydrogen (secondary N) is 1. The number of aromatic nitrogens is 3. The normalized spacial score (nSPS) is 14.6. The summed E-state index contributed by atoms with van der Waals surface area (Å²) in [7, 11) is 1.85. The lowest BCUT2D eigenvalue weighted by Gasteiger charge is -2.10. The van der Waals surface area contributed by atoms with Gasteiger partial charge in [-0.15, -0.1) is 36.2 Å². The van der Waals surface area contributed by atoms with E-state index in [-0.39, 0.29) is 36.8 Å². The van der Waals surface area contributed by atoms with Crippen molar-refractivity contribution in [2.45, 2.75) is 18.9 Å². The second kappa shape index (κ2) is 7.92. The van der Waals surface area contributed by atoms with Crippen molar-refractivity contribution in [3.63, 3.8) is 0 Å². The zero-order valence-corrected chi connectivity index (χ0v) is 14.5. The number of aryl methyl sites for hydroxylation is 1. The van der Waals surface area contributed by atoms with Gasteiger partial charge in [0.2, 0.25) is 0 Å². The fourth-order valence-corrected chi connectivity index (χ4v) is 2.84. The Balaban J connectivity index is 0.00000121. The Morgan fingerprint density at radius 1 is 1.50 bits per heavy atom. The van der Waals surface area contributed by atoms with Gasteiger partial charge in [-0.1, -0.05) is 0 Å². The first kappa shape index (κ1) is 18.9. The quantitative estimate of drug-likeness (QED) is 0.848. The third-order valence-electron chi connectivity index (χ3n) is 3.41. The Bertz CT molecular complexity index is 625. The summed E-state index contributed by atoms with van der Waals surface area (Å²) in [5.74, 6) is 0.483. The fourth-order valence-electron chi connectivity index (χ4n) is 2.03. The van der Waals surface area contributed by atoms with Gasteiger partial charge in [-0.2, -0.15) is 5.10 Å². The van der Waals surface area contributed by atoms with Crippen LogP contribution in [0.4, 0.5) is 0 Å². The van der Waals surface area contributed by atoms with Crippen LogP contribution in [0, 0.1) is 5.92 Å². The third kappa shape index (κ3) is 4.42. The molecule has 0 radical (unpaired) electrons. The molecular weight excluding hydrogens is 345 g/mol. The summed E-state index contributed by atoms with van der Waals surface area (Å²) in [6.07, 6.45) is 7.59. The molecule has 2 aromatic rings. The zero-order valence-electron chi connectivity index (χ0n) is 12.1. The first-order valence-electron chi connectivity index (χ1n) is 6.62. The van der Waals surface area contributed by atoms with E-state index in [1.807, 2.05) is 13.2 Å². The van der Waals surface area contributed by atoms with E-state index in [9.17, 15) is 4.79 Å². The second-order valence-electron chi connectivity index (χ2n) is 5.14. The average molecular weight is 364 g/mol. The monoisotopic (exact) mass is 363 g/mol. The molecule has 1 unspecified atom stereocenters. The molecule has 3 rings (SSSR count). The van der Waals surface area contributed by atoms with Crippen molar-refractivity contribution in [2.75, 3.05) is 6.54 Å². The molecule has 1 fully saturated rings. The molecule has 22 heavy (non-hydrogen) atoms. The smallest absolute Gasteiger partial charge is 0.263 e. The highest BCUT2D eigenvalue weighted by Gasteiger charge is 2.28. The SMILES string of the molecule is Cl.Cl.Cn1cc(-c2ncc(C(=O)NCC(N)C3CC3)s2)cn1. The summed E-state index contributed by atoms with van der Waals surface area (Å²) < 4.78 is 1.71. The largest absolute Gasteiger partial charge is 0.350 e. The van der Waals surface area contributed by atoms with E-state index in [1.165, 1.54) is 24.2 Å². The molecule has 1 saturated carbocycles. The Hall–Kier alpha value is -1.15. The summed E-state index contributed by atoms with van der Waals surface area (Å²) >= 11 is 1.37. The molecule has 1 aliphatic carbocycles. The van der Waals surface area contributed by atoms with Crippen molar-refractivity contribution >= 4 is 42.1 Å². The first-order chi connectivity index (χ1) is 9.63. The maximum Gasteiger partial charge on any atom is 0.263 e. The Morgan fingerprint density at radius 3 is 2.82 bits per heavy atom. The summed E-state index contributed by atoms with van der Waals surface area (Å²) in [6, 6.07) is 0.0738. The third-order valence-corrected chi connectivity index (χ3v) is 4.45. The summed E-state index contributed by atoms with van der Waals surface area (Å²) in [6.45, 7) is 0.531. The van der Waals surface area contributed by atoms with Crippen LogP contribution in [0.3, 0.4) is 0 Å². The maximum atomic E-state index is 12.0. The molecule has 3 N–H and O–H groups in total. The van der Waals surface area contributed by atoms with E-state index in [4.69, 9.17) is 5.73 Å². The molecule has 2 heterocycles. The highest BCUT2D eigenvalue weighted by atomic mass is 35.5. The van der Waals surface area contributed by atoms with Crippen LogP contribution in [0.15, 0.2) is 18.6 Å². The number of hydrogen-bond donors (Lipinski definition) is 2. The molecular formula is C13H19Cl2N5OS. The molecule has 0 aliphatic heterocycles. The van der Waals surface area contributed by atoms with Crippen LogP contribution < -0.4 is 11.1 Å². The molecule has 0 aromatic carbocycles. The Labute approximate surface area is 145 Å². The van der Waals surface area contributed by atoms with Crippen molar-refractivity contribution < 1.29 is 4.79 Å². The van der Waals surface area contributed by atoms with Gasteiger partial charge in [-0.05, 0) is 18.8 Å². The second-order valence-corrected chi connectivity index (χ2v) is 6.17. The van der Waals surface area contributed by atoms with Gasteiger partial charge in [0.15, 0.2) is 0 Å². The molecule has 9 heteroatoms. The highest BCUT2D eigenvalue weighted by molar-refractivity contribution is 7.16. The van der Waals surface area contributed by atoms with Crippen molar-refractivity contribution in [1.82, 2.24) is 20.1 Å². The lowest BCUT2D eigenvalue weighted by Crippen LogP contribution is -2.38. The van der Waals surface area contributed by atoms with Gasteiger partial charge < -0.3 is 11.1 Å². The van der Waals surface area contributed by atoms with Crippen LogP contribution in [0.2, 0.25) is 0 Å². The van der Waals surface area contributed by atoms with Gasteiger partial charge in [-0.25, -0.2) is 4.98 Å². The van der Waals surface area contributed by atoms with Crippen molar-refractivity contribution in [1.29, 1.82) is 0 Å². The van der Waals surface area contributed by atoms with Crippen LogP contribution >= 0.6 is 36.2 Å². The predicted molar refractivity (Wildman–Crippen MR) is 91.8 cm³/mol. The zero-order chi connectivity index (χ0) is 14.1. The Kier molecular flexibility index (Phi) is 6.80. The first-order valence-corrected chi connectivity index (χ1v) is 7.44. The summed E-state index contributed by atoms with van der Waals surface area (Å²) in [5, 5.41) is 7.78. The Morgan fingerprint density at radius 2 is 2.23 bits per heavy atom. The van der Waals surface area contributed by atoms with Gasteiger partial charge in [0, 0.05) is 31.4 Å². The molecule has 1 atom stereocenters. The molecule has 122 valence electrons. The van der Waals surface area contributed by atoms with E-state index < -0.39 is 0 Å². The number of nitrogens with zero attached hydrogens (tertiary/aromatic N) is 3. The van der Waals surface area contributed by atoms with E-state index in [2.05, 4.69) is 15.4 Å². The lowest BCUT2D eigenvalue weighted by molar-refractivity contribution is 0.0954. The van der Waals surface area contributed by atoms with Crippen LogP contribution in [-0.2, 0) is 7.05 Å². The number of hydrogen-bond acceptors (Lipinski definition) is 5. The minimum absolute atomic E-state index is 0. The minimum Gasteiger partial charge on any atom is -0.350 e. The minimum atomic E-state index is -0.103. The van der Waals surface area contributed by atoms with E-state index in [1.54, 1.807) is 17.1 Å². The fraction of sp³-hybridized carbons (Fsp3) is 0.462. The number of carbonyl (C=O) groups excluding carboxylic acids is 1. The average Bonchev–Trinajstić information content (AvgIpc) is 3.01. The molecule has 6 nitrogen and oxygen atoms in total. The topological polar surface area (TPSA) is 85.8 Å². The van der Waals surface area contributed by atoms with Crippen molar-refractivity contribution in [2.24, 2.45) is 18.7 Å².